The average Bonchev–Trinajstić information content (AvgIpc) is 2.76. The molecule has 0 radical (unpaired) electrons. The second-order valence-corrected chi connectivity index (χ2v) is 3.65. The fourth-order valence-electron chi connectivity index (χ4n) is 0.998. The standard InChI is InChI=1S/C10H13NO3S/c1-3-8(9(12)13-2)4-7-15-10-11-5-6-14-10/h4-6H,3,7H2,1-2H3/b8-4-. The highest BCUT2D eigenvalue weighted by Gasteiger charge is 2.06. The molecule has 0 unspecified atom stereocenters. The molecule has 1 aromatic heterocycles. The van der Waals surface area contributed by atoms with Gasteiger partial charge < -0.3 is 9.15 Å². The molecular formula is C10H13NO3S. The van der Waals surface area contributed by atoms with Crippen molar-refractivity contribution < 1.29 is 13.9 Å². The van der Waals surface area contributed by atoms with E-state index < -0.39 is 0 Å². The second kappa shape index (κ2) is 6.29. The van der Waals surface area contributed by atoms with Gasteiger partial charge in [0, 0.05) is 11.3 Å². The van der Waals surface area contributed by atoms with Crippen LogP contribution in [-0.4, -0.2) is 23.8 Å². The van der Waals surface area contributed by atoms with Gasteiger partial charge >= 0.3 is 5.97 Å². The molecule has 82 valence electrons. The Hall–Kier alpha value is -1.23. The predicted octanol–water partition coefficient (Wildman–Crippen LogP) is 2.28. The van der Waals surface area contributed by atoms with Gasteiger partial charge in [-0.2, -0.15) is 0 Å². The maximum atomic E-state index is 11.2. The number of rotatable bonds is 5. The maximum Gasteiger partial charge on any atom is 0.333 e. The normalized spacial score (nSPS) is 11.5. The Morgan fingerprint density at radius 1 is 1.73 bits per heavy atom. The van der Waals surface area contributed by atoms with E-state index in [9.17, 15) is 4.79 Å². The van der Waals surface area contributed by atoms with E-state index in [0.717, 1.165) is 0 Å². The summed E-state index contributed by atoms with van der Waals surface area (Å²) in [6.07, 6.45) is 5.61. The molecule has 0 N–H and O–H groups in total. The molecule has 5 heteroatoms. The largest absolute Gasteiger partial charge is 0.466 e. The van der Waals surface area contributed by atoms with Crippen LogP contribution in [0.15, 0.2) is 33.7 Å². The SMILES string of the molecule is CC/C(=C/CSc1ncco1)C(=O)OC. The molecule has 0 aliphatic heterocycles. The van der Waals surface area contributed by atoms with E-state index in [1.54, 1.807) is 6.20 Å². The third kappa shape index (κ3) is 3.79. The number of aromatic nitrogens is 1. The first-order valence-electron chi connectivity index (χ1n) is 4.57. The molecule has 1 rings (SSSR count). The number of nitrogens with zero attached hydrogens (tertiary/aromatic N) is 1. The Labute approximate surface area is 92.7 Å². The van der Waals surface area contributed by atoms with Crippen LogP contribution in [0.3, 0.4) is 0 Å². The number of carbonyl (C=O) groups is 1. The number of thioether (sulfide) groups is 1. The Morgan fingerprint density at radius 2 is 2.53 bits per heavy atom. The van der Waals surface area contributed by atoms with Crippen molar-refractivity contribution in [1.82, 2.24) is 4.98 Å². The van der Waals surface area contributed by atoms with Crippen molar-refractivity contribution in [1.29, 1.82) is 0 Å². The van der Waals surface area contributed by atoms with Crippen LogP contribution in [0.5, 0.6) is 0 Å². The van der Waals surface area contributed by atoms with Crippen LogP contribution in [-0.2, 0) is 9.53 Å². The minimum Gasteiger partial charge on any atom is -0.466 e. The van der Waals surface area contributed by atoms with Gasteiger partial charge in [0.25, 0.3) is 5.22 Å². The molecule has 15 heavy (non-hydrogen) atoms. The molecule has 1 heterocycles. The van der Waals surface area contributed by atoms with Gasteiger partial charge in [0.05, 0.1) is 13.3 Å². The van der Waals surface area contributed by atoms with Crippen LogP contribution in [0.1, 0.15) is 13.3 Å². The highest BCUT2D eigenvalue weighted by Crippen LogP contribution is 2.16. The van der Waals surface area contributed by atoms with Gasteiger partial charge in [-0.05, 0) is 6.42 Å². The zero-order valence-corrected chi connectivity index (χ0v) is 9.54. The van der Waals surface area contributed by atoms with E-state index in [1.165, 1.54) is 25.1 Å². The van der Waals surface area contributed by atoms with Crippen molar-refractivity contribution in [3.05, 3.63) is 24.1 Å². The minimum absolute atomic E-state index is 0.273. The first kappa shape index (κ1) is 11.8. The van der Waals surface area contributed by atoms with Gasteiger partial charge in [-0.25, -0.2) is 9.78 Å². The number of carbonyl (C=O) groups excluding carboxylic acids is 1. The van der Waals surface area contributed by atoms with E-state index in [4.69, 9.17) is 4.42 Å². The number of esters is 1. The van der Waals surface area contributed by atoms with E-state index in [2.05, 4.69) is 9.72 Å². The van der Waals surface area contributed by atoms with E-state index in [-0.39, 0.29) is 5.97 Å². The Bertz CT molecular complexity index is 332. The van der Waals surface area contributed by atoms with Crippen molar-refractivity contribution >= 4 is 17.7 Å². The highest BCUT2D eigenvalue weighted by atomic mass is 32.2. The lowest BCUT2D eigenvalue weighted by molar-refractivity contribution is -0.136. The van der Waals surface area contributed by atoms with Crippen molar-refractivity contribution in [3.63, 3.8) is 0 Å². The molecule has 0 aliphatic rings. The van der Waals surface area contributed by atoms with Crippen LogP contribution in [0.25, 0.3) is 0 Å². The Kier molecular flexibility index (Phi) is 4.97. The van der Waals surface area contributed by atoms with Gasteiger partial charge in [-0.1, -0.05) is 24.8 Å². The van der Waals surface area contributed by atoms with Gasteiger partial charge in [0.15, 0.2) is 0 Å². The number of hydrogen-bond donors (Lipinski definition) is 0. The smallest absolute Gasteiger partial charge is 0.333 e. The Balaban J connectivity index is 2.44. The number of oxazole rings is 1. The summed E-state index contributed by atoms with van der Waals surface area (Å²) in [6.45, 7) is 1.92. The predicted molar refractivity (Wildman–Crippen MR) is 57.6 cm³/mol. The average molecular weight is 227 g/mol. The highest BCUT2D eigenvalue weighted by molar-refractivity contribution is 7.99. The zero-order chi connectivity index (χ0) is 11.1. The molecule has 0 fully saturated rings. The summed E-state index contributed by atoms with van der Waals surface area (Å²) in [4.78, 5) is 15.2. The van der Waals surface area contributed by atoms with E-state index in [1.807, 2.05) is 13.0 Å². The number of ether oxygens (including phenoxy) is 1. The summed E-state index contributed by atoms with van der Waals surface area (Å²) in [5.41, 5.74) is 0.677. The molecule has 0 saturated heterocycles. The number of methoxy groups -OCH3 is 1. The van der Waals surface area contributed by atoms with Crippen molar-refractivity contribution in [2.45, 2.75) is 18.6 Å². The maximum absolute atomic E-state index is 11.2. The summed E-state index contributed by atoms with van der Waals surface area (Å²) in [5, 5.41) is 0.603. The first-order chi connectivity index (χ1) is 7.27. The van der Waals surface area contributed by atoms with E-state index >= 15 is 0 Å². The molecule has 0 spiro atoms. The summed E-state index contributed by atoms with van der Waals surface area (Å²) >= 11 is 1.44. The molecule has 0 atom stereocenters. The lowest BCUT2D eigenvalue weighted by Crippen LogP contribution is -2.04. The Morgan fingerprint density at radius 3 is 3.07 bits per heavy atom. The third-order valence-electron chi connectivity index (χ3n) is 1.77. The molecule has 0 bridgehead atoms. The molecule has 1 aromatic rings. The summed E-state index contributed by atoms with van der Waals surface area (Å²) in [7, 11) is 1.38. The van der Waals surface area contributed by atoms with Crippen molar-refractivity contribution in [2.24, 2.45) is 0 Å². The second-order valence-electron chi connectivity index (χ2n) is 2.68. The van der Waals surface area contributed by atoms with Crippen LogP contribution >= 0.6 is 11.8 Å². The van der Waals surface area contributed by atoms with Crippen molar-refractivity contribution in [2.75, 3.05) is 12.9 Å². The fourth-order valence-corrected chi connectivity index (χ4v) is 1.68. The van der Waals surface area contributed by atoms with Crippen LogP contribution < -0.4 is 0 Å². The van der Waals surface area contributed by atoms with Gasteiger partial charge in [-0.3, -0.25) is 0 Å². The van der Waals surface area contributed by atoms with Crippen LogP contribution in [0.2, 0.25) is 0 Å². The third-order valence-corrected chi connectivity index (χ3v) is 2.56. The minimum atomic E-state index is -0.273. The first-order valence-corrected chi connectivity index (χ1v) is 5.56. The molecule has 4 nitrogen and oxygen atoms in total. The van der Waals surface area contributed by atoms with Crippen LogP contribution in [0.4, 0.5) is 0 Å². The van der Waals surface area contributed by atoms with Crippen LogP contribution in [0, 0.1) is 0 Å². The molecule has 0 saturated carbocycles. The molecule has 0 aliphatic carbocycles. The zero-order valence-electron chi connectivity index (χ0n) is 8.73. The molecule has 0 amide bonds. The summed E-state index contributed by atoms with van der Waals surface area (Å²) < 4.78 is 9.68. The topological polar surface area (TPSA) is 52.3 Å². The van der Waals surface area contributed by atoms with E-state index in [0.29, 0.717) is 23.0 Å². The van der Waals surface area contributed by atoms with Gasteiger partial charge in [0.1, 0.15) is 6.26 Å². The van der Waals surface area contributed by atoms with Crippen molar-refractivity contribution in [3.8, 4) is 0 Å². The lowest BCUT2D eigenvalue weighted by atomic mass is 10.2. The quantitative estimate of drug-likeness (QED) is 0.439. The summed E-state index contributed by atoms with van der Waals surface area (Å²) in [6, 6.07) is 0. The molecular weight excluding hydrogens is 214 g/mol. The number of hydrogen-bond acceptors (Lipinski definition) is 5. The lowest BCUT2D eigenvalue weighted by Gasteiger charge is -2.00. The molecule has 0 aromatic carbocycles. The monoisotopic (exact) mass is 227 g/mol. The fraction of sp³-hybridized carbons (Fsp3) is 0.400. The van der Waals surface area contributed by atoms with Gasteiger partial charge in [-0.15, -0.1) is 0 Å². The van der Waals surface area contributed by atoms with Gasteiger partial charge in [0.2, 0.25) is 0 Å². The summed E-state index contributed by atoms with van der Waals surface area (Å²) in [5.74, 6) is 0.379.